The standard InChI is InChI=1S/C30H29Cl2N5O4S/c1-20-16-24(21(2)37(20)28-11-7-10-27(31)30(28)32)17-33-35-29(39)19-36(18-23-8-5-4-6-9-23)42(40,41)26-14-12-25(13-15-26)34-22(3)38/h4-17H,18-19H2,1-3H3,(H,34,38)(H,35,39)/b33-17+. The highest BCUT2D eigenvalue weighted by Gasteiger charge is 2.27. The molecule has 9 nitrogen and oxygen atoms in total. The Morgan fingerprint density at radius 3 is 2.33 bits per heavy atom. The van der Waals surface area contributed by atoms with Gasteiger partial charge in [0.15, 0.2) is 0 Å². The maximum atomic E-state index is 13.6. The highest BCUT2D eigenvalue weighted by atomic mass is 35.5. The second kappa shape index (κ2) is 13.3. The number of anilines is 1. The molecule has 2 N–H and O–H groups in total. The molecule has 0 spiro atoms. The van der Waals surface area contributed by atoms with Crippen LogP contribution in [-0.2, 0) is 26.2 Å². The van der Waals surface area contributed by atoms with Crippen molar-refractivity contribution in [2.75, 3.05) is 11.9 Å². The lowest BCUT2D eigenvalue weighted by Crippen LogP contribution is -2.39. The molecule has 1 heterocycles. The van der Waals surface area contributed by atoms with E-state index in [4.69, 9.17) is 23.2 Å². The number of nitrogens with one attached hydrogen (secondary N) is 2. The maximum Gasteiger partial charge on any atom is 0.255 e. The summed E-state index contributed by atoms with van der Waals surface area (Å²) >= 11 is 12.6. The first-order valence-corrected chi connectivity index (χ1v) is 15.0. The predicted molar refractivity (Wildman–Crippen MR) is 166 cm³/mol. The number of amides is 2. The lowest BCUT2D eigenvalue weighted by Gasteiger charge is -2.21. The van der Waals surface area contributed by atoms with E-state index in [2.05, 4.69) is 15.8 Å². The van der Waals surface area contributed by atoms with Gasteiger partial charge in [-0.15, -0.1) is 0 Å². The van der Waals surface area contributed by atoms with Crippen molar-refractivity contribution in [2.45, 2.75) is 32.2 Å². The van der Waals surface area contributed by atoms with Crippen molar-refractivity contribution >= 4 is 56.9 Å². The molecule has 4 aromatic rings. The Hall–Kier alpha value is -3.96. The molecule has 0 saturated heterocycles. The van der Waals surface area contributed by atoms with Crippen LogP contribution < -0.4 is 10.7 Å². The van der Waals surface area contributed by atoms with Gasteiger partial charge in [-0.3, -0.25) is 9.59 Å². The first kappa shape index (κ1) is 31.0. The molecule has 0 unspecified atom stereocenters. The SMILES string of the molecule is CC(=O)Nc1ccc(S(=O)(=O)N(CC(=O)N/N=C/c2cc(C)n(-c3cccc(Cl)c3Cl)c2C)Cc2ccccc2)cc1. The monoisotopic (exact) mass is 625 g/mol. The van der Waals surface area contributed by atoms with Crippen LogP contribution in [-0.4, -0.2) is 41.9 Å². The molecule has 0 bridgehead atoms. The normalized spacial score (nSPS) is 11.7. The third kappa shape index (κ3) is 7.27. The Kier molecular flexibility index (Phi) is 9.85. The first-order valence-electron chi connectivity index (χ1n) is 12.8. The van der Waals surface area contributed by atoms with Crippen molar-refractivity contribution in [3.05, 3.63) is 111 Å². The fraction of sp³-hybridized carbons (Fsp3) is 0.167. The maximum absolute atomic E-state index is 13.6. The summed E-state index contributed by atoms with van der Waals surface area (Å²) in [5.74, 6) is -0.893. The molecule has 0 aliphatic carbocycles. The van der Waals surface area contributed by atoms with Crippen molar-refractivity contribution in [2.24, 2.45) is 5.10 Å². The first-order chi connectivity index (χ1) is 20.0. The molecule has 4 rings (SSSR count). The number of rotatable bonds is 10. The average Bonchev–Trinajstić information content (AvgIpc) is 3.22. The van der Waals surface area contributed by atoms with Gasteiger partial charge in [0.1, 0.15) is 0 Å². The van der Waals surface area contributed by atoms with Crippen LogP contribution in [0.2, 0.25) is 10.0 Å². The van der Waals surface area contributed by atoms with Crippen LogP contribution in [0.1, 0.15) is 29.4 Å². The molecule has 0 aliphatic heterocycles. The summed E-state index contributed by atoms with van der Waals surface area (Å²) in [6, 6.07) is 22.0. The van der Waals surface area contributed by atoms with Crippen LogP contribution in [0, 0.1) is 13.8 Å². The van der Waals surface area contributed by atoms with E-state index in [1.54, 1.807) is 30.3 Å². The Morgan fingerprint density at radius 1 is 0.976 bits per heavy atom. The molecule has 218 valence electrons. The highest BCUT2D eigenvalue weighted by Crippen LogP contribution is 2.31. The quantitative estimate of drug-likeness (QED) is 0.174. The minimum atomic E-state index is -4.08. The Balaban J connectivity index is 1.53. The van der Waals surface area contributed by atoms with Gasteiger partial charge in [0.05, 0.1) is 33.4 Å². The fourth-order valence-electron chi connectivity index (χ4n) is 4.40. The number of carbonyl (C=O) groups excluding carboxylic acids is 2. The molecular formula is C30H29Cl2N5O4S. The van der Waals surface area contributed by atoms with E-state index in [1.165, 1.54) is 37.4 Å². The number of sulfonamides is 1. The van der Waals surface area contributed by atoms with Crippen LogP contribution in [0.5, 0.6) is 0 Å². The second-order valence-corrected chi connectivity index (χ2v) is 12.2. The van der Waals surface area contributed by atoms with E-state index in [9.17, 15) is 18.0 Å². The van der Waals surface area contributed by atoms with Crippen LogP contribution >= 0.6 is 23.2 Å². The minimum Gasteiger partial charge on any atom is -0.326 e. The number of hydrazone groups is 1. The number of aromatic nitrogens is 1. The number of hydrogen-bond donors (Lipinski definition) is 2. The zero-order valence-electron chi connectivity index (χ0n) is 23.1. The van der Waals surface area contributed by atoms with E-state index in [0.717, 1.165) is 26.9 Å². The van der Waals surface area contributed by atoms with Gasteiger partial charge in [0, 0.05) is 36.1 Å². The fourth-order valence-corrected chi connectivity index (χ4v) is 6.16. The zero-order chi connectivity index (χ0) is 30.4. The third-order valence-corrected chi connectivity index (χ3v) is 8.98. The summed E-state index contributed by atoms with van der Waals surface area (Å²) < 4.78 is 30.1. The molecule has 0 saturated carbocycles. The Morgan fingerprint density at radius 2 is 1.67 bits per heavy atom. The second-order valence-electron chi connectivity index (χ2n) is 9.49. The largest absolute Gasteiger partial charge is 0.326 e. The summed E-state index contributed by atoms with van der Waals surface area (Å²) in [6.07, 6.45) is 1.49. The molecule has 0 aliphatic rings. The number of benzene rings is 3. The minimum absolute atomic E-state index is 0.0176. The molecular weight excluding hydrogens is 597 g/mol. The van der Waals surface area contributed by atoms with Gasteiger partial charge in [-0.25, -0.2) is 13.8 Å². The van der Waals surface area contributed by atoms with Gasteiger partial charge in [0.2, 0.25) is 15.9 Å². The van der Waals surface area contributed by atoms with Gasteiger partial charge < -0.3 is 9.88 Å². The summed E-state index contributed by atoms with van der Waals surface area (Å²) in [5.41, 5.74) is 6.76. The van der Waals surface area contributed by atoms with E-state index in [1.807, 2.05) is 42.7 Å². The average molecular weight is 627 g/mol. The van der Waals surface area contributed by atoms with Crippen molar-refractivity contribution in [3.8, 4) is 5.69 Å². The van der Waals surface area contributed by atoms with E-state index in [0.29, 0.717) is 21.3 Å². The summed E-state index contributed by atoms with van der Waals surface area (Å²) in [5, 5.41) is 7.54. The van der Waals surface area contributed by atoms with Crippen molar-refractivity contribution in [1.82, 2.24) is 14.3 Å². The summed E-state index contributed by atoms with van der Waals surface area (Å²) in [6.45, 7) is 4.66. The molecule has 42 heavy (non-hydrogen) atoms. The van der Waals surface area contributed by atoms with Gasteiger partial charge in [-0.2, -0.15) is 9.41 Å². The molecule has 0 fully saturated rings. The van der Waals surface area contributed by atoms with Gasteiger partial charge in [-0.05, 0) is 61.9 Å². The number of hydrogen-bond acceptors (Lipinski definition) is 5. The number of carbonyl (C=O) groups is 2. The van der Waals surface area contributed by atoms with Gasteiger partial charge in [-0.1, -0.05) is 59.6 Å². The van der Waals surface area contributed by atoms with Crippen molar-refractivity contribution < 1.29 is 18.0 Å². The predicted octanol–water partition coefficient (Wildman–Crippen LogP) is 5.70. The van der Waals surface area contributed by atoms with E-state index < -0.39 is 22.5 Å². The van der Waals surface area contributed by atoms with Crippen LogP contribution in [0.4, 0.5) is 5.69 Å². The van der Waals surface area contributed by atoms with E-state index in [-0.39, 0.29) is 17.3 Å². The number of nitrogens with zero attached hydrogens (tertiary/aromatic N) is 3. The van der Waals surface area contributed by atoms with Crippen LogP contribution in [0.3, 0.4) is 0 Å². The van der Waals surface area contributed by atoms with Crippen molar-refractivity contribution in [3.63, 3.8) is 0 Å². The Bertz CT molecular complexity index is 1740. The molecule has 1 aromatic heterocycles. The van der Waals surface area contributed by atoms with Crippen LogP contribution in [0.15, 0.2) is 88.9 Å². The van der Waals surface area contributed by atoms with Crippen molar-refractivity contribution in [1.29, 1.82) is 0 Å². The Labute approximate surface area is 254 Å². The number of aryl methyl sites for hydroxylation is 1. The summed E-state index contributed by atoms with van der Waals surface area (Å²) in [4.78, 5) is 24.2. The zero-order valence-corrected chi connectivity index (χ0v) is 25.5. The molecule has 2 amide bonds. The van der Waals surface area contributed by atoms with Gasteiger partial charge >= 0.3 is 0 Å². The smallest absolute Gasteiger partial charge is 0.255 e. The molecule has 0 radical (unpaired) electrons. The lowest BCUT2D eigenvalue weighted by molar-refractivity contribution is -0.121. The number of halogens is 2. The van der Waals surface area contributed by atoms with Crippen LogP contribution in [0.25, 0.3) is 5.69 Å². The molecule has 3 aromatic carbocycles. The molecule has 0 atom stereocenters. The lowest BCUT2D eigenvalue weighted by atomic mass is 10.2. The third-order valence-electron chi connectivity index (χ3n) is 6.37. The van der Waals surface area contributed by atoms with Gasteiger partial charge in [0.25, 0.3) is 5.91 Å². The highest BCUT2D eigenvalue weighted by molar-refractivity contribution is 7.89. The topological polar surface area (TPSA) is 113 Å². The summed E-state index contributed by atoms with van der Waals surface area (Å²) in [7, 11) is -4.08. The molecule has 12 heteroatoms. The van der Waals surface area contributed by atoms with E-state index >= 15 is 0 Å².